The number of methoxy groups -OCH3 is 1. The molecule has 0 saturated heterocycles. The quantitative estimate of drug-likeness (QED) is 0.345. The summed E-state index contributed by atoms with van der Waals surface area (Å²) in [5.41, 5.74) is 10.8. The second-order valence-corrected chi connectivity index (χ2v) is 9.51. The van der Waals surface area contributed by atoms with Crippen LogP contribution in [-0.4, -0.2) is 37.6 Å². The standard InChI is InChI=1S/C24H28N8O2/c1-14-5-18(31-34-14)11-26-22-21-19(29-23(25)30-22)12-28-32(21)13-17-4-3-15(6-20(17)33-2)10-27-24-7-16(8-24)9-24/h3-6,12,16,27H,7-11,13H2,1-2H3,(H3,25,26,29,30). The zero-order valence-electron chi connectivity index (χ0n) is 19.3. The number of ether oxygens (including phenoxy) is 1. The highest BCUT2D eigenvalue weighted by atomic mass is 16.5. The van der Waals surface area contributed by atoms with Gasteiger partial charge in [0.1, 0.15) is 28.2 Å². The van der Waals surface area contributed by atoms with Crippen molar-refractivity contribution in [3.63, 3.8) is 0 Å². The van der Waals surface area contributed by atoms with Crippen LogP contribution in [0.15, 0.2) is 35.0 Å². The third-order valence-corrected chi connectivity index (χ3v) is 7.00. The lowest BCUT2D eigenvalue weighted by atomic mass is 9.50. The maximum Gasteiger partial charge on any atom is 0.222 e. The Morgan fingerprint density at radius 2 is 2.06 bits per heavy atom. The number of nitrogens with two attached hydrogens (primary N) is 1. The van der Waals surface area contributed by atoms with Gasteiger partial charge in [-0.05, 0) is 43.7 Å². The van der Waals surface area contributed by atoms with Crippen LogP contribution in [0.4, 0.5) is 11.8 Å². The van der Waals surface area contributed by atoms with Crippen LogP contribution in [0.3, 0.4) is 0 Å². The predicted molar refractivity (Wildman–Crippen MR) is 127 cm³/mol. The molecule has 3 heterocycles. The molecular weight excluding hydrogens is 432 g/mol. The summed E-state index contributed by atoms with van der Waals surface area (Å²) in [7, 11) is 1.70. The first kappa shape index (κ1) is 20.9. The van der Waals surface area contributed by atoms with E-state index in [9.17, 15) is 0 Å². The van der Waals surface area contributed by atoms with E-state index in [4.69, 9.17) is 15.0 Å². The topological polar surface area (TPSA) is 129 Å². The van der Waals surface area contributed by atoms with Gasteiger partial charge in [-0.1, -0.05) is 17.3 Å². The van der Waals surface area contributed by atoms with Gasteiger partial charge < -0.3 is 25.6 Å². The lowest BCUT2D eigenvalue weighted by molar-refractivity contribution is -0.0520. The monoisotopic (exact) mass is 460 g/mol. The number of benzene rings is 1. The number of nitrogens with zero attached hydrogens (tertiary/aromatic N) is 5. The van der Waals surface area contributed by atoms with Crippen LogP contribution in [-0.2, 0) is 19.6 Å². The lowest BCUT2D eigenvalue weighted by Crippen LogP contribution is -2.66. The predicted octanol–water partition coefficient (Wildman–Crippen LogP) is 3.02. The van der Waals surface area contributed by atoms with Crippen molar-refractivity contribution in [1.82, 2.24) is 30.2 Å². The van der Waals surface area contributed by atoms with Crippen molar-refractivity contribution in [1.29, 1.82) is 0 Å². The van der Waals surface area contributed by atoms with E-state index >= 15 is 0 Å². The molecule has 10 heteroatoms. The Labute approximate surface area is 196 Å². The molecule has 0 unspecified atom stereocenters. The van der Waals surface area contributed by atoms with Crippen LogP contribution in [0.1, 0.15) is 41.8 Å². The van der Waals surface area contributed by atoms with Crippen molar-refractivity contribution in [2.75, 3.05) is 18.2 Å². The Bertz CT molecular complexity index is 1340. The lowest BCUT2D eigenvalue weighted by Gasteiger charge is -2.62. The van der Waals surface area contributed by atoms with Crippen LogP contribution >= 0.6 is 0 Å². The van der Waals surface area contributed by atoms with Crippen molar-refractivity contribution in [2.45, 2.75) is 51.4 Å². The second kappa shape index (κ2) is 7.98. The van der Waals surface area contributed by atoms with Crippen molar-refractivity contribution < 1.29 is 9.26 Å². The molecule has 4 aromatic rings. The molecule has 0 amide bonds. The molecule has 3 aromatic heterocycles. The summed E-state index contributed by atoms with van der Waals surface area (Å²) in [5.74, 6) is 3.34. The number of aromatic nitrogens is 5. The summed E-state index contributed by atoms with van der Waals surface area (Å²) < 4.78 is 12.7. The van der Waals surface area contributed by atoms with Crippen molar-refractivity contribution in [3.05, 3.63) is 53.0 Å². The van der Waals surface area contributed by atoms with E-state index in [-0.39, 0.29) is 5.95 Å². The first-order chi connectivity index (χ1) is 16.5. The highest BCUT2D eigenvalue weighted by Gasteiger charge is 2.55. The molecule has 3 aliphatic carbocycles. The molecule has 1 aromatic carbocycles. The van der Waals surface area contributed by atoms with Gasteiger partial charge in [0.15, 0.2) is 5.82 Å². The molecule has 7 rings (SSSR count). The van der Waals surface area contributed by atoms with Crippen molar-refractivity contribution >= 4 is 22.8 Å². The highest BCUT2D eigenvalue weighted by Crippen LogP contribution is 2.57. The summed E-state index contributed by atoms with van der Waals surface area (Å²) >= 11 is 0. The molecule has 2 bridgehead atoms. The van der Waals surface area contributed by atoms with E-state index in [0.29, 0.717) is 30.0 Å². The van der Waals surface area contributed by atoms with Crippen LogP contribution in [0, 0.1) is 12.8 Å². The number of nitrogen functional groups attached to an aromatic ring is 1. The number of hydrogen-bond acceptors (Lipinski definition) is 9. The molecule has 3 saturated carbocycles. The Kier molecular flexibility index (Phi) is 4.91. The average molecular weight is 461 g/mol. The molecule has 0 radical (unpaired) electrons. The van der Waals surface area contributed by atoms with Gasteiger partial charge in [0.05, 0.1) is 26.4 Å². The van der Waals surface area contributed by atoms with E-state index in [1.54, 1.807) is 13.3 Å². The summed E-state index contributed by atoms with van der Waals surface area (Å²) in [6.07, 6.45) is 5.68. The normalized spacial score (nSPS) is 20.7. The minimum atomic E-state index is 0.184. The summed E-state index contributed by atoms with van der Waals surface area (Å²) in [5, 5.41) is 15.6. The number of rotatable bonds is 9. The average Bonchev–Trinajstić information content (AvgIpc) is 3.36. The fraction of sp³-hybridized carbons (Fsp3) is 0.417. The number of hydrogen-bond donors (Lipinski definition) is 3. The summed E-state index contributed by atoms with van der Waals surface area (Å²) in [6, 6.07) is 8.25. The summed E-state index contributed by atoms with van der Waals surface area (Å²) in [4.78, 5) is 8.76. The highest BCUT2D eigenvalue weighted by molar-refractivity contribution is 5.86. The molecule has 176 valence electrons. The third kappa shape index (κ3) is 3.73. The molecule has 0 aliphatic heterocycles. The fourth-order valence-electron chi connectivity index (χ4n) is 5.11. The zero-order chi connectivity index (χ0) is 23.3. The summed E-state index contributed by atoms with van der Waals surface area (Å²) in [6.45, 7) is 3.67. The van der Waals surface area contributed by atoms with Gasteiger partial charge in [-0.15, -0.1) is 0 Å². The Morgan fingerprint density at radius 3 is 2.76 bits per heavy atom. The number of aryl methyl sites for hydroxylation is 1. The van der Waals surface area contributed by atoms with Gasteiger partial charge in [0, 0.05) is 23.7 Å². The number of anilines is 2. The fourth-order valence-corrected chi connectivity index (χ4v) is 5.11. The second-order valence-electron chi connectivity index (χ2n) is 9.51. The van der Waals surface area contributed by atoms with Gasteiger partial charge in [0.2, 0.25) is 5.95 Å². The molecule has 3 fully saturated rings. The van der Waals surface area contributed by atoms with E-state index in [0.717, 1.165) is 40.7 Å². The third-order valence-electron chi connectivity index (χ3n) is 7.00. The van der Waals surface area contributed by atoms with Gasteiger partial charge in [-0.3, -0.25) is 4.68 Å². The van der Waals surface area contributed by atoms with E-state index < -0.39 is 0 Å². The van der Waals surface area contributed by atoms with Crippen molar-refractivity contribution in [2.24, 2.45) is 5.92 Å². The van der Waals surface area contributed by atoms with Gasteiger partial charge in [0.25, 0.3) is 0 Å². The van der Waals surface area contributed by atoms with E-state index in [1.165, 1.54) is 24.8 Å². The maximum absolute atomic E-state index is 5.94. The molecule has 3 aliphatic rings. The zero-order valence-corrected chi connectivity index (χ0v) is 19.3. The Morgan fingerprint density at radius 1 is 1.21 bits per heavy atom. The number of nitrogens with one attached hydrogen (secondary N) is 2. The van der Waals surface area contributed by atoms with Crippen LogP contribution in [0.5, 0.6) is 5.75 Å². The Hall–Kier alpha value is -3.66. The molecular formula is C24H28N8O2. The Balaban J connectivity index is 1.24. The van der Waals surface area contributed by atoms with E-state index in [1.807, 2.05) is 17.7 Å². The molecule has 0 spiro atoms. The largest absolute Gasteiger partial charge is 0.496 e. The van der Waals surface area contributed by atoms with Crippen LogP contribution < -0.4 is 21.1 Å². The maximum atomic E-state index is 5.94. The van der Waals surface area contributed by atoms with Gasteiger partial charge in [-0.25, -0.2) is 4.98 Å². The van der Waals surface area contributed by atoms with E-state index in [2.05, 4.69) is 49.1 Å². The first-order valence-electron chi connectivity index (χ1n) is 11.6. The molecule has 4 N–H and O–H groups in total. The van der Waals surface area contributed by atoms with Crippen LogP contribution in [0.2, 0.25) is 0 Å². The van der Waals surface area contributed by atoms with Crippen molar-refractivity contribution in [3.8, 4) is 5.75 Å². The molecule has 10 nitrogen and oxygen atoms in total. The van der Waals surface area contributed by atoms with Gasteiger partial charge >= 0.3 is 0 Å². The molecule has 0 atom stereocenters. The minimum absolute atomic E-state index is 0.184. The van der Waals surface area contributed by atoms with Gasteiger partial charge in [-0.2, -0.15) is 10.1 Å². The first-order valence-corrected chi connectivity index (χ1v) is 11.6. The molecule has 34 heavy (non-hydrogen) atoms. The number of fused-ring (bicyclic) bond motifs is 1. The van der Waals surface area contributed by atoms with Crippen LogP contribution in [0.25, 0.3) is 11.0 Å². The SMILES string of the molecule is COc1cc(CNC23CC(C2)C3)ccc1Cn1ncc2nc(N)nc(NCc3cc(C)on3)c21. The smallest absolute Gasteiger partial charge is 0.222 e. The minimum Gasteiger partial charge on any atom is -0.496 e.